The Bertz CT molecular complexity index is 1530. The molecule has 0 atom stereocenters. The van der Waals surface area contributed by atoms with E-state index in [0.717, 1.165) is 22.6 Å². The smallest absolute Gasteiger partial charge is 0.244 e. The molecule has 0 aliphatic carbocycles. The highest BCUT2D eigenvalue weighted by atomic mass is 35.5. The summed E-state index contributed by atoms with van der Waals surface area (Å²) in [4.78, 5) is 12.2. The van der Waals surface area contributed by atoms with Crippen molar-refractivity contribution >= 4 is 23.6 Å². The summed E-state index contributed by atoms with van der Waals surface area (Å²) in [5.74, 6) is 2.33. The van der Waals surface area contributed by atoms with Crippen LogP contribution in [0.4, 0.5) is 0 Å². The largest absolute Gasteiger partial charge is 0.493 e. The molecular weight excluding hydrogens is 520 g/mol. The van der Waals surface area contributed by atoms with E-state index in [9.17, 15) is 4.79 Å². The maximum absolute atomic E-state index is 12.2. The first-order chi connectivity index (χ1) is 19.1. The number of hydrogen-bond donors (Lipinski definition) is 1. The Hall–Kier alpha value is -4.76. The van der Waals surface area contributed by atoms with Crippen LogP contribution in [0, 0.1) is 0 Å². The van der Waals surface area contributed by atoms with Crippen LogP contribution in [-0.2, 0) is 17.9 Å². The van der Waals surface area contributed by atoms with Gasteiger partial charge in [0.05, 0.1) is 19.0 Å². The Morgan fingerprint density at radius 1 is 1.08 bits per heavy atom. The zero-order chi connectivity index (χ0) is 27.0. The van der Waals surface area contributed by atoms with Crippen LogP contribution in [0.1, 0.15) is 16.8 Å². The summed E-state index contributed by atoms with van der Waals surface area (Å²) in [7, 11) is 1.56. The van der Waals surface area contributed by atoms with Crippen LogP contribution < -0.4 is 24.3 Å². The van der Waals surface area contributed by atoms with E-state index in [1.807, 2.05) is 48.5 Å². The van der Waals surface area contributed by atoms with Crippen LogP contribution in [0.15, 0.2) is 85.1 Å². The van der Waals surface area contributed by atoms with E-state index in [-0.39, 0.29) is 19.3 Å². The fraction of sp³-hybridized carbons (Fsp3) is 0.138. The van der Waals surface area contributed by atoms with Crippen molar-refractivity contribution in [1.29, 1.82) is 0 Å². The summed E-state index contributed by atoms with van der Waals surface area (Å²) in [6, 6.07) is 18.5. The number of carbonyl (C=O) groups is 1. The molecule has 0 unspecified atom stereocenters. The van der Waals surface area contributed by atoms with Crippen molar-refractivity contribution in [3.63, 3.8) is 0 Å². The van der Waals surface area contributed by atoms with Gasteiger partial charge in [-0.3, -0.25) is 4.79 Å². The summed E-state index contributed by atoms with van der Waals surface area (Å²) >= 11 is 6.06. The second-order valence-corrected chi connectivity index (χ2v) is 8.89. The Kier molecular flexibility index (Phi) is 8.09. The van der Waals surface area contributed by atoms with Gasteiger partial charge in [0, 0.05) is 17.6 Å². The van der Waals surface area contributed by atoms with Gasteiger partial charge in [0.25, 0.3) is 0 Å². The fourth-order valence-corrected chi connectivity index (χ4v) is 3.96. The third kappa shape index (κ3) is 6.77. The van der Waals surface area contributed by atoms with E-state index in [1.54, 1.807) is 48.3 Å². The lowest BCUT2D eigenvalue weighted by atomic mass is 10.2. The van der Waals surface area contributed by atoms with Gasteiger partial charge in [-0.1, -0.05) is 53.2 Å². The maximum atomic E-state index is 12.2. The van der Waals surface area contributed by atoms with Gasteiger partial charge in [-0.2, -0.15) is 0 Å². The molecule has 4 aromatic rings. The molecule has 0 saturated carbocycles. The first kappa shape index (κ1) is 25.9. The molecule has 0 bridgehead atoms. The summed E-state index contributed by atoms with van der Waals surface area (Å²) in [6.07, 6.45) is 8.60. The molecule has 39 heavy (non-hydrogen) atoms. The van der Waals surface area contributed by atoms with E-state index in [0.29, 0.717) is 34.5 Å². The lowest BCUT2D eigenvalue weighted by Crippen LogP contribution is -2.20. The van der Waals surface area contributed by atoms with Crippen molar-refractivity contribution < 1.29 is 23.7 Å². The van der Waals surface area contributed by atoms with Crippen molar-refractivity contribution in [2.75, 3.05) is 13.9 Å². The third-order valence-electron chi connectivity index (χ3n) is 5.73. The second-order valence-electron chi connectivity index (χ2n) is 8.46. The second kappa shape index (κ2) is 12.2. The molecule has 2 heterocycles. The van der Waals surface area contributed by atoms with Crippen molar-refractivity contribution in [3.8, 4) is 28.7 Å². The van der Waals surface area contributed by atoms with E-state index in [2.05, 4.69) is 15.6 Å². The average molecular weight is 545 g/mol. The molecule has 1 aliphatic rings. The Morgan fingerprint density at radius 3 is 2.85 bits per heavy atom. The standard InChI is InChI=1S/C29H25ClN4O5/c1-36-27-14-21(16-31-29(35)8-3-2-5-20-9-11-26-28(13-20)39-19-38-26)10-12-25(27)37-18-23-17-34(33-32-23)24-7-4-6-22(30)15-24/h2-15,17H,16,18-19H2,1H3,(H,31,35)/b5-2+,8-3+. The minimum Gasteiger partial charge on any atom is -0.493 e. The molecule has 0 spiro atoms. The number of carbonyl (C=O) groups excluding carboxylic acids is 1. The molecule has 1 N–H and O–H groups in total. The number of ether oxygens (including phenoxy) is 4. The number of amides is 1. The van der Waals surface area contributed by atoms with E-state index < -0.39 is 0 Å². The van der Waals surface area contributed by atoms with E-state index in [4.69, 9.17) is 30.5 Å². The number of aromatic nitrogens is 3. The van der Waals surface area contributed by atoms with Gasteiger partial charge in [0.15, 0.2) is 23.0 Å². The molecule has 198 valence electrons. The minimum absolute atomic E-state index is 0.206. The fourth-order valence-electron chi connectivity index (χ4n) is 3.78. The molecule has 10 heteroatoms. The zero-order valence-electron chi connectivity index (χ0n) is 21.0. The number of nitrogens with one attached hydrogen (secondary N) is 1. The van der Waals surface area contributed by atoms with Gasteiger partial charge in [-0.15, -0.1) is 5.10 Å². The first-order valence-corrected chi connectivity index (χ1v) is 12.4. The van der Waals surface area contributed by atoms with Gasteiger partial charge >= 0.3 is 0 Å². The van der Waals surface area contributed by atoms with Crippen LogP contribution in [-0.4, -0.2) is 34.8 Å². The molecule has 5 rings (SSSR count). The van der Waals surface area contributed by atoms with Gasteiger partial charge in [-0.25, -0.2) is 4.68 Å². The van der Waals surface area contributed by atoms with Gasteiger partial charge in [-0.05, 0) is 53.6 Å². The predicted octanol–water partition coefficient (Wildman–Crippen LogP) is 5.12. The van der Waals surface area contributed by atoms with E-state index >= 15 is 0 Å². The van der Waals surface area contributed by atoms with Crippen LogP contribution >= 0.6 is 11.6 Å². The molecule has 9 nitrogen and oxygen atoms in total. The molecule has 1 aliphatic heterocycles. The van der Waals surface area contributed by atoms with Crippen LogP contribution in [0.3, 0.4) is 0 Å². The Balaban J connectivity index is 1.11. The normalized spacial score (nSPS) is 12.3. The van der Waals surface area contributed by atoms with Crippen LogP contribution in [0.2, 0.25) is 5.02 Å². The summed E-state index contributed by atoms with van der Waals surface area (Å²) < 4.78 is 23.7. The number of rotatable bonds is 10. The summed E-state index contributed by atoms with van der Waals surface area (Å²) in [6.45, 7) is 0.775. The van der Waals surface area contributed by atoms with Crippen molar-refractivity contribution in [3.05, 3.63) is 107 Å². The number of fused-ring (bicyclic) bond motifs is 1. The lowest BCUT2D eigenvalue weighted by molar-refractivity contribution is -0.116. The third-order valence-corrected chi connectivity index (χ3v) is 5.96. The molecule has 3 aromatic carbocycles. The van der Waals surface area contributed by atoms with Gasteiger partial charge in [0.1, 0.15) is 12.3 Å². The predicted molar refractivity (Wildman–Crippen MR) is 146 cm³/mol. The molecular formula is C29H25ClN4O5. The Labute approximate surface area is 230 Å². The maximum Gasteiger partial charge on any atom is 0.244 e. The van der Waals surface area contributed by atoms with E-state index in [1.165, 1.54) is 6.08 Å². The number of benzene rings is 3. The van der Waals surface area contributed by atoms with Crippen molar-refractivity contribution in [2.24, 2.45) is 0 Å². The Morgan fingerprint density at radius 2 is 1.97 bits per heavy atom. The number of nitrogens with zero attached hydrogens (tertiary/aromatic N) is 3. The average Bonchev–Trinajstić information content (AvgIpc) is 3.63. The zero-order valence-corrected chi connectivity index (χ0v) is 21.8. The van der Waals surface area contributed by atoms with Crippen LogP contribution in [0.5, 0.6) is 23.0 Å². The summed E-state index contributed by atoms with van der Waals surface area (Å²) in [5, 5.41) is 11.8. The quantitative estimate of drug-likeness (QED) is 0.218. The molecule has 0 saturated heterocycles. The first-order valence-electron chi connectivity index (χ1n) is 12.1. The highest BCUT2D eigenvalue weighted by Crippen LogP contribution is 2.33. The monoisotopic (exact) mass is 544 g/mol. The number of methoxy groups -OCH3 is 1. The molecule has 0 fully saturated rings. The van der Waals surface area contributed by atoms with Gasteiger partial charge < -0.3 is 24.3 Å². The number of hydrogen-bond acceptors (Lipinski definition) is 7. The van der Waals surface area contributed by atoms with Crippen LogP contribution in [0.25, 0.3) is 11.8 Å². The molecule has 1 amide bonds. The molecule has 1 aromatic heterocycles. The summed E-state index contributed by atoms with van der Waals surface area (Å²) in [5.41, 5.74) is 3.27. The van der Waals surface area contributed by atoms with Crippen molar-refractivity contribution in [1.82, 2.24) is 20.3 Å². The highest BCUT2D eigenvalue weighted by Gasteiger charge is 2.12. The minimum atomic E-state index is -0.215. The SMILES string of the molecule is COc1cc(CNC(=O)/C=C/C=C/c2ccc3c(c2)OCO3)ccc1OCc1cn(-c2cccc(Cl)c2)nn1. The van der Waals surface area contributed by atoms with Gasteiger partial charge in [0.2, 0.25) is 12.7 Å². The van der Waals surface area contributed by atoms with Crippen molar-refractivity contribution in [2.45, 2.75) is 13.2 Å². The lowest BCUT2D eigenvalue weighted by Gasteiger charge is -2.11. The highest BCUT2D eigenvalue weighted by molar-refractivity contribution is 6.30. The molecule has 0 radical (unpaired) electrons. The topological polar surface area (TPSA) is 96.7 Å². The number of halogens is 1. The number of allylic oxidation sites excluding steroid dienone is 2.